The van der Waals surface area contributed by atoms with E-state index in [9.17, 15) is 9.90 Å². The zero-order valence-electron chi connectivity index (χ0n) is 8.28. The molecular weight excluding hydrogens is 200 g/mol. The highest BCUT2D eigenvalue weighted by Gasteiger charge is 2.24. The summed E-state index contributed by atoms with van der Waals surface area (Å²) in [6.07, 6.45) is 3.19. The molecule has 0 fully saturated rings. The fraction of sp³-hybridized carbons (Fsp3) is 0.500. The van der Waals surface area contributed by atoms with Crippen LogP contribution in [0.25, 0.3) is 0 Å². The minimum atomic E-state index is -0.358. The van der Waals surface area contributed by atoms with E-state index in [-0.39, 0.29) is 16.6 Å². The van der Waals surface area contributed by atoms with Gasteiger partial charge in [0, 0.05) is 5.56 Å². The Morgan fingerprint density at radius 3 is 2.71 bits per heavy atom. The highest BCUT2D eigenvalue weighted by Crippen LogP contribution is 2.25. The summed E-state index contributed by atoms with van der Waals surface area (Å²) in [7, 11) is 0. The fourth-order valence-corrected chi connectivity index (χ4v) is 1.85. The number of rotatable bonds is 3. The van der Waals surface area contributed by atoms with Gasteiger partial charge in [0.15, 0.2) is 5.75 Å². The van der Waals surface area contributed by atoms with Gasteiger partial charge in [-0.1, -0.05) is 13.8 Å². The monoisotopic (exact) mass is 214 g/mol. The van der Waals surface area contributed by atoms with Crippen molar-refractivity contribution in [3.63, 3.8) is 0 Å². The van der Waals surface area contributed by atoms with Gasteiger partial charge in [-0.3, -0.25) is 4.79 Å². The number of aromatic hydroxyl groups is 1. The zero-order chi connectivity index (χ0) is 10.8. The molecule has 0 unspecified atom stereocenters. The van der Waals surface area contributed by atoms with E-state index in [1.807, 2.05) is 13.8 Å². The summed E-state index contributed by atoms with van der Waals surface area (Å²) in [6.45, 7) is 3.85. The van der Waals surface area contributed by atoms with E-state index >= 15 is 0 Å². The zero-order valence-corrected chi connectivity index (χ0v) is 9.17. The third-order valence-electron chi connectivity index (χ3n) is 2.31. The summed E-state index contributed by atoms with van der Waals surface area (Å²) in [5, 5.41) is 9.21. The Kier molecular flexibility index (Phi) is 3.26. The number of hydrogen-bond acceptors (Lipinski definition) is 4. The van der Waals surface area contributed by atoms with Crippen LogP contribution < -0.4 is 5.43 Å². The topological polar surface area (TPSA) is 50.4 Å². The molecule has 1 aromatic rings. The first-order valence-corrected chi connectivity index (χ1v) is 5.03. The van der Waals surface area contributed by atoms with Gasteiger partial charge in [0.05, 0.1) is 6.26 Å². The lowest BCUT2D eigenvalue weighted by molar-refractivity contribution is 0.407. The van der Waals surface area contributed by atoms with Gasteiger partial charge >= 0.3 is 0 Å². The third-order valence-corrected chi connectivity index (χ3v) is 2.53. The van der Waals surface area contributed by atoms with E-state index in [0.29, 0.717) is 11.3 Å². The average Bonchev–Trinajstić information content (AvgIpc) is 2.09. The minimum absolute atomic E-state index is 0.318. The van der Waals surface area contributed by atoms with Crippen LogP contribution in [0.5, 0.6) is 5.75 Å². The number of thiol groups is 1. The lowest BCUT2D eigenvalue weighted by atomic mass is 9.83. The van der Waals surface area contributed by atoms with Crippen molar-refractivity contribution in [1.29, 1.82) is 0 Å². The van der Waals surface area contributed by atoms with E-state index < -0.39 is 0 Å². The SMILES string of the molecule is CC(C)(CCS)c1cocc(O)c1=O. The van der Waals surface area contributed by atoms with Crippen LogP contribution in [-0.4, -0.2) is 10.9 Å². The van der Waals surface area contributed by atoms with Gasteiger partial charge in [-0.05, 0) is 17.6 Å². The molecule has 0 spiro atoms. The maximum Gasteiger partial charge on any atom is 0.230 e. The molecule has 3 nitrogen and oxygen atoms in total. The molecule has 1 aromatic heterocycles. The van der Waals surface area contributed by atoms with E-state index in [0.717, 1.165) is 12.7 Å². The third kappa shape index (κ3) is 2.12. The first-order chi connectivity index (χ1) is 6.49. The van der Waals surface area contributed by atoms with Crippen LogP contribution >= 0.6 is 12.6 Å². The van der Waals surface area contributed by atoms with Gasteiger partial charge in [-0.15, -0.1) is 0 Å². The largest absolute Gasteiger partial charge is 0.502 e. The van der Waals surface area contributed by atoms with Crippen molar-refractivity contribution >= 4 is 12.6 Å². The predicted molar refractivity (Wildman–Crippen MR) is 58.1 cm³/mol. The van der Waals surface area contributed by atoms with Gasteiger partial charge in [-0.25, -0.2) is 0 Å². The lowest BCUT2D eigenvalue weighted by Gasteiger charge is -2.22. The van der Waals surface area contributed by atoms with Crippen LogP contribution in [0, 0.1) is 0 Å². The second kappa shape index (κ2) is 4.09. The molecule has 0 amide bonds. The summed E-state index contributed by atoms with van der Waals surface area (Å²) < 4.78 is 4.88. The molecule has 0 radical (unpaired) electrons. The van der Waals surface area contributed by atoms with Crippen molar-refractivity contribution in [2.45, 2.75) is 25.7 Å². The lowest BCUT2D eigenvalue weighted by Crippen LogP contribution is -2.25. The molecule has 0 bridgehead atoms. The minimum Gasteiger partial charge on any atom is -0.502 e. The highest BCUT2D eigenvalue weighted by molar-refractivity contribution is 7.80. The molecule has 0 saturated heterocycles. The predicted octanol–water partition coefficient (Wildman–Crippen LogP) is 1.94. The molecule has 0 atom stereocenters. The Morgan fingerprint density at radius 2 is 2.14 bits per heavy atom. The molecular formula is C10H14O3S. The second-order valence-corrected chi connectivity index (χ2v) is 4.30. The normalized spacial score (nSPS) is 11.6. The molecule has 1 N–H and O–H groups in total. The molecule has 4 heteroatoms. The van der Waals surface area contributed by atoms with Crippen molar-refractivity contribution in [1.82, 2.24) is 0 Å². The quantitative estimate of drug-likeness (QED) is 0.756. The van der Waals surface area contributed by atoms with Gasteiger partial charge in [0.1, 0.15) is 6.26 Å². The summed E-state index contributed by atoms with van der Waals surface area (Å²) in [4.78, 5) is 11.6. The Morgan fingerprint density at radius 1 is 1.50 bits per heavy atom. The van der Waals surface area contributed by atoms with E-state index in [1.54, 1.807) is 0 Å². The summed E-state index contributed by atoms with van der Waals surface area (Å²) in [5.74, 6) is 0.344. The molecule has 0 aliphatic rings. The van der Waals surface area contributed by atoms with Crippen LogP contribution in [0.3, 0.4) is 0 Å². The molecule has 0 aromatic carbocycles. The van der Waals surface area contributed by atoms with Crippen LogP contribution in [0.1, 0.15) is 25.8 Å². The van der Waals surface area contributed by atoms with Crippen molar-refractivity contribution in [2.75, 3.05) is 5.75 Å². The van der Waals surface area contributed by atoms with Crippen LogP contribution in [-0.2, 0) is 5.41 Å². The highest BCUT2D eigenvalue weighted by atomic mass is 32.1. The van der Waals surface area contributed by atoms with Crippen molar-refractivity contribution in [3.05, 3.63) is 28.3 Å². The number of hydrogen-bond donors (Lipinski definition) is 2. The average molecular weight is 214 g/mol. The first kappa shape index (κ1) is 11.2. The Bertz CT molecular complexity index is 368. The molecule has 1 heterocycles. The van der Waals surface area contributed by atoms with Crippen molar-refractivity contribution < 1.29 is 9.52 Å². The molecule has 78 valence electrons. The Labute approximate surface area is 88.2 Å². The Hall–Kier alpha value is -0.900. The molecule has 0 saturated carbocycles. The summed E-state index contributed by atoms with van der Waals surface area (Å²) in [6, 6.07) is 0. The second-order valence-electron chi connectivity index (χ2n) is 3.86. The van der Waals surface area contributed by atoms with Crippen LogP contribution in [0.2, 0.25) is 0 Å². The summed E-state index contributed by atoms with van der Waals surface area (Å²) in [5.41, 5.74) is -0.185. The first-order valence-electron chi connectivity index (χ1n) is 4.40. The standard InChI is InChI=1S/C10H14O3S/c1-10(2,3-4-14)7-5-13-6-8(11)9(7)12/h5-6,11,14H,3-4H2,1-2H3. The van der Waals surface area contributed by atoms with Gasteiger partial charge in [0.25, 0.3) is 0 Å². The molecule has 0 aliphatic carbocycles. The smallest absolute Gasteiger partial charge is 0.230 e. The van der Waals surface area contributed by atoms with Crippen molar-refractivity contribution in [2.24, 2.45) is 0 Å². The van der Waals surface area contributed by atoms with Crippen LogP contribution in [0.4, 0.5) is 0 Å². The van der Waals surface area contributed by atoms with Gasteiger partial charge in [0.2, 0.25) is 5.43 Å². The maximum atomic E-state index is 11.6. The molecule has 1 rings (SSSR count). The molecule has 14 heavy (non-hydrogen) atoms. The Balaban J connectivity index is 3.19. The van der Waals surface area contributed by atoms with E-state index in [2.05, 4.69) is 12.6 Å². The maximum absolute atomic E-state index is 11.6. The van der Waals surface area contributed by atoms with E-state index in [4.69, 9.17) is 4.42 Å². The fourth-order valence-electron chi connectivity index (χ4n) is 1.29. The van der Waals surface area contributed by atoms with Gasteiger partial charge < -0.3 is 9.52 Å². The summed E-state index contributed by atoms with van der Waals surface area (Å²) >= 11 is 4.13. The van der Waals surface area contributed by atoms with Gasteiger partial charge in [-0.2, -0.15) is 12.6 Å². The molecule has 0 aliphatic heterocycles. The van der Waals surface area contributed by atoms with Crippen LogP contribution in [0.15, 0.2) is 21.7 Å². The van der Waals surface area contributed by atoms with Crippen molar-refractivity contribution in [3.8, 4) is 5.75 Å². The van der Waals surface area contributed by atoms with E-state index in [1.165, 1.54) is 6.26 Å².